The summed E-state index contributed by atoms with van der Waals surface area (Å²) in [5, 5.41) is 12.2. The number of hydrogen-bond donors (Lipinski definition) is 2. The van der Waals surface area contributed by atoms with E-state index < -0.39 is 0 Å². The van der Waals surface area contributed by atoms with E-state index in [1.807, 2.05) is 55.2 Å². The van der Waals surface area contributed by atoms with Gasteiger partial charge in [-0.1, -0.05) is 6.58 Å². The van der Waals surface area contributed by atoms with Crippen LogP contribution >= 0.6 is 0 Å². The fraction of sp³-hybridized carbons (Fsp3) is 0.312. The summed E-state index contributed by atoms with van der Waals surface area (Å²) in [7, 11) is 3.77. The van der Waals surface area contributed by atoms with Crippen LogP contribution in [0, 0.1) is 11.3 Å². The van der Waals surface area contributed by atoms with Crippen LogP contribution in [0.3, 0.4) is 0 Å². The molecule has 112 valence electrons. The molecule has 0 spiro atoms. The van der Waals surface area contributed by atoms with Crippen molar-refractivity contribution in [2.75, 3.05) is 24.7 Å². The third kappa shape index (κ3) is 4.46. The lowest BCUT2D eigenvalue weighted by atomic mass is 10.1. The molecule has 0 saturated carbocycles. The maximum Gasteiger partial charge on any atom is 0.118 e. The molecular weight excluding hydrogens is 262 g/mol. The highest BCUT2D eigenvalue weighted by Crippen LogP contribution is 2.26. The van der Waals surface area contributed by atoms with Crippen LogP contribution in [0.4, 0.5) is 11.4 Å². The smallest absolute Gasteiger partial charge is 0.118 e. The zero-order valence-electron chi connectivity index (χ0n) is 12.9. The van der Waals surface area contributed by atoms with E-state index in [0.717, 1.165) is 11.3 Å². The minimum absolute atomic E-state index is 0.286. The largest absolute Gasteiger partial charge is 0.399 e. The Bertz CT molecular complexity index is 544. The highest BCUT2D eigenvalue weighted by molar-refractivity contribution is 5.62. The van der Waals surface area contributed by atoms with Crippen molar-refractivity contribution in [2.24, 2.45) is 0 Å². The number of nitrogens with two attached hydrogens (primary N) is 1. The maximum absolute atomic E-state index is 9.24. The van der Waals surface area contributed by atoms with Gasteiger partial charge in [0.2, 0.25) is 0 Å². The number of nitrogens with zero attached hydrogens (tertiary/aromatic N) is 3. The van der Waals surface area contributed by atoms with Gasteiger partial charge in [0.05, 0.1) is 6.07 Å². The molecule has 1 aromatic carbocycles. The number of nitriles is 1. The molecule has 1 unspecified atom stereocenters. The summed E-state index contributed by atoms with van der Waals surface area (Å²) >= 11 is 0. The van der Waals surface area contributed by atoms with Gasteiger partial charge in [-0.05, 0) is 36.9 Å². The van der Waals surface area contributed by atoms with Crippen molar-refractivity contribution >= 4 is 11.4 Å². The Labute approximate surface area is 127 Å². The molecular formula is C16H23N5. The summed E-state index contributed by atoms with van der Waals surface area (Å²) in [6, 6.07) is 7.69. The molecule has 1 rings (SSSR count). The second-order valence-electron chi connectivity index (χ2n) is 4.80. The summed E-state index contributed by atoms with van der Waals surface area (Å²) in [5.74, 6) is 0. The lowest BCUT2D eigenvalue weighted by molar-refractivity contribution is 0.452. The molecule has 0 aliphatic heterocycles. The number of benzene rings is 1. The summed E-state index contributed by atoms with van der Waals surface area (Å²) in [4.78, 5) is 3.89. The van der Waals surface area contributed by atoms with Gasteiger partial charge in [-0.15, -0.1) is 0 Å². The van der Waals surface area contributed by atoms with Crippen molar-refractivity contribution in [2.45, 2.75) is 19.5 Å². The van der Waals surface area contributed by atoms with Gasteiger partial charge in [0, 0.05) is 44.4 Å². The fourth-order valence-corrected chi connectivity index (χ4v) is 1.95. The van der Waals surface area contributed by atoms with Crippen LogP contribution < -0.4 is 16.0 Å². The van der Waals surface area contributed by atoms with E-state index in [1.165, 1.54) is 0 Å². The lowest BCUT2D eigenvalue weighted by Crippen LogP contribution is -2.28. The molecule has 3 N–H and O–H groups in total. The van der Waals surface area contributed by atoms with E-state index in [4.69, 9.17) is 5.73 Å². The molecule has 21 heavy (non-hydrogen) atoms. The molecule has 5 nitrogen and oxygen atoms in total. The van der Waals surface area contributed by atoms with Gasteiger partial charge < -0.3 is 20.9 Å². The van der Waals surface area contributed by atoms with Gasteiger partial charge in [0.15, 0.2) is 0 Å². The first kappa shape index (κ1) is 16.4. The average Bonchev–Trinajstić information content (AvgIpc) is 2.48. The fourth-order valence-electron chi connectivity index (χ4n) is 1.95. The maximum atomic E-state index is 9.24. The zero-order chi connectivity index (χ0) is 15.8. The first-order valence-corrected chi connectivity index (χ1v) is 6.76. The Hall–Kier alpha value is -2.61. The first-order valence-electron chi connectivity index (χ1n) is 6.76. The van der Waals surface area contributed by atoms with Gasteiger partial charge >= 0.3 is 0 Å². The molecule has 0 aliphatic rings. The molecule has 0 aromatic heterocycles. The Balaban J connectivity index is 3.26. The average molecular weight is 285 g/mol. The standard InChI is InChI=1S/C16H23N5/c1-5-20(4)12-14-10-15(18)6-7-16(14)21(9-8-19-3)13(2)11-17/h5-10,13,19H,1,12,18H2,2-4H3/b9-8-. The molecule has 0 radical (unpaired) electrons. The van der Waals surface area contributed by atoms with Crippen molar-refractivity contribution < 1.29 is 0 Å². The number of nitrogen functional groups attached to an aromatic ring is 1. The van der Waals surface area contributed by atoms with Crippen LogP contribution in [0.15, 0.2) is 43.4 Å². The molecule has 0 aliphatic carbocycles. The van der Waals surface area contributed by atoms with Gasteiger partial charge in [0.1, 0.15) is 6.04 Å². The third-order valence-corrected chi connectivity index (χ3v) is 3.12. The molecule has 0 fully saturated rings. The summed E-state index contributed by atoms with van der Waals surface area (Å²) in [6.07, 6.45) is 5.41. The number of anilines is 2. The topological polar surface area (TPSA) is 68.3 Å². The van der Waals surface area contributed by atoms with Crippen LogP contribution in [0.5, 0.6) is 0 Å². The van der Waals surface area contributed by atoms with E-state index in [9.17, 15) is 5.26 Å². The van der Waals surface area contributed by atoms with Gasteiger partial charge in [0.25, 0.3) is 0 Å². The van der Waals surface area contributed by atoms with E-state index in [-0.39, 0.29) is 6.04 Å². The van der Waals surface area contributed by atoms with E-state index in [0.29, 0.717) is 12.2 Å². The molecule has 0 heterocycles. The van der Waals surface area contributed by atoms with Crippen LogP contribution in [0.2, 0.25) is 0 Å². The van der Waals surface area contributed by atoms with Gasteiger partial charge in [-0.3, -0.25) is 0 Å². The second kappa shape index (κ2) is 7.85. The highest BCUT2D eigenvalue weighted by Gasteiger charge is 2.15. The van der Waals surface area contributed by atoms with Crippen LogP contribution in [-0.4, -0.2) is 25.0 Å². The number of nitrogens with one attached hydrogen (secondary N) is 1. The monoisotopic (exact) mass is 285 g/mol. The molecule has 0 amide bonds. The van der Waals surface area contributed by atoms with E-state index in [2.05, 4.69) is 18.0 Å². The summed E-state index contributed by atoms with van der Waals surface area (Å²) in [5.41, 5.74) is 8.60. The van der Waals surface area contributed by atoms with Crippen LogP contribution in [0.1, 0.15) is 12.5 Å². The van der Waals surface area contributed by atoms with Gasteiger partial charge in [-0.2, -0.15) is 5.26 Å². The summed E-state index contributed by atoms with van der Waals surface area (Å²) < 4.78 is 0. The number of rotatable bonds is 7. The molecule has 0 saturated heterocycles. The first-order chi connectivity index (χ1) is 10.0. The van der Waals surface area contributed by atoms with E-state index >= 15 is 0 Å². The predicted octanol–water partition coefficient (Wildman–Crippen LogP) is 2.25. The second-order valence-corrected chi connectivity index (χ2v) is 4.80. The Morgan fingerprint density at radius 1 is 1.52 bits per heavy atom. The molecule has 5 heteroatoms. The minimum atomic E-state index is -0.286. The van der Waals surface area contributed by atoms with E-state index in [1.54, 1.807) is 12.4 Å². The Kier molecular flexibility index (Phi) is 6.15. The van der Waals surface area contributed by atoms with Crippen LogP contribution in [-0.2, 0) is 6.54 Å². The summed E-state index contributed by atoms with van der Waals surface area (Å²) in [6.45, 7) is 6.29. The van der Waals surface area contributed by atoms with Crippen molar-refractivity contribution in [1.29, 1.82) is 5.26 Å². The lowest BCUT2D eigenvalue weighted by Gasteiger charge is -2.27. The van der Waals surface area contributed by atoms with Gasteiger partial charge in [-0.25, -0.2) is 0 Å². The van der Waals surface area contributed by atoms with Crippen molar-refractivity contribution in [3.8, 4) is 6.07 Å². The molecule has 1 atom stereocenters. The van der Waals surface area contributed by atoms with Crippen LogP contribution in [0.25, 0.3) is 0 Å². The quantitative estimate of drug-likeness (QED) is 0.752. The third-order valence-electron chi connectivity index (χ3n) is 3.12. The minimum Gasteiger partial charge on any atom is -0.399 e. The Morgan fingerprint density at radius 2 is 2.24 bits per heavy atom. The molecule has 0 bridgehead atoms. The highest BCUT2D eigenvalue weighted by atomic mass is 15.2. The number of hydrogen-bond acceptors (Lipinski definition) is 5. The Morgan fingerprint density at radius 3 is 2.81 bits per heavy atom. The predicted molar refractivity (Wildman–Crippen MR) is 88.3 cm³/mol. The SMILES string of the molecule is C=CN(C)Cc1cc(N)ccc1N(/C=C\NC)C(C)C#N. The zero-order valence-corrected chi connectivity index (χ0v) is 12.9. The molecule has 1 aromatic rings. The van der Waals surface area contributed by atoms with Crippen molar-refractivity contribution in [3.05, 3.63) is 48.9 Å². The van der Waals surface area contributed by atoms with Crippen molar-refractivity contribution in [3.63, 3.8) is 0 Å². The normalized spacial score (nSPS) is 11.7. The van der Waals surface area contributed by atoms with Crippen molar-refractivity contribution in [1.82, 2.24) is 10.2 Å².